The summed E-state index contributed by atoms with van der Waals surface area (Å²) in [6.07, 6.45) is 3.32. The van der Waals surface area contributed by atoms with Gasteiger partial charge in [0.15, 0.2) is 0 Å². The van der Waals surface area contributed by atoms with E-state index in [1.165, 1.54) is 12.1 Å². The summed E-state index contributed by atoms with van der Waals surface area (Å²) in [6, 6.07) is 15.5. The first-order valence-corrected chi connectivity index (χ1v) is 9.14. The minimum atomic E-state index is -0.470. The third-order valence-electron chi connectivity index (χ3n) is 3.64. The number of non-ortho nitro benzene ring substituents is 1. The lowest BCUT2D eigenvalue weighted by Gasteiger charge is -2.19. The van der Waals surface area contributed by atoms with Gasteiger partial charge in [-0.3, -0.25) is 10.1 Å². The first-order valence-electron chi connectivity index (χ1n) is 9.14. The van der Waals surface area contributed by atoms with Crippen LogP contribution in [-0.2, 0) is 0 Å². The van der Waals surface area contributed by atoms with Crippen LogP contribution in [0, 0.1) is 21.4 Å². The van der Waals surface area contributed by atoms with E-state index in [4.69, 9.17) is 4.74 Å². The quantitative estimate of drug-likeness (QED) is 0.346. The number of allylic oxidation sites excluding steroid dienone is 4. The molecule has 0 saturated carbocycles. The van der Waals surface area contributed by atoms with Gasteiger partial charge in [0.2, 0.25) is 0 Å². The zero-order chi connectivity index (χ0) is 21.1. The molecule has 0 amide bonds. The van der Waals surface area contributed by atoms with Gasteiger partial charge in [0.25, 0.3) is 5.69 Å². The number of nitro groups is 1. The lowest BCUT2D eigenvalue weighted by molar-refractivity contribution is -0.384. The highest BCUT2D eigenvalue weighted by molar-refractivity contribution is 6.03. The van der Waals surface area contributed by atoms with Crippen LogP contribution in [0.5, 0.6) is 5.75 Å². The van der Waals surface area contributed by atoms with Crippen LogP contribution >= 0.6 is 0 Å². The molecule has 5 nitrogen and oxygen atoms in total. The maximum absolute atomic E-state index is 10.8. The van der Waals surface area contributed by atoms with Crippen molar-refractivity contribution < 1.29 is 9.66 Å². The molecule has 0 fully saturated rings. The standard InChI is InChI=1S/C19H12N2O3.2C2H6/c1-2-15-11-17(16-5-3-4-6-19(16)24-15)18(12-20)13-7-9-14(10-8-13)21(22)23;2*1-2/h2-11H,1H2;2*1-2H3/b18-17+;;. The highest BCUT2D eigenvalue weighted by Crippen LogP contribution is 2.38. The predicted octanol–water partition coefficient (Wildman–Crippen LogP) is 6.54. The van der Waals surface area contributed by atoms with E-state index in [2.05, 4.69) is 12.6 Å². The molecule has 144 valence electrons. The largest absolute Gasteiger partial charge is 0.457 e. The Kier molecular flexibility index (Phi) is 8.91. The number of nitriles is 1. The van der Waals surface area contributed by atoms with E-state index in [0.717, 1.165) is 5.56 Å². The van der Waals surface area contributed by atoms with Crippen molar-refractivity contribution in [2.75, 3.05) is 0 Å². The van der Waals surface area contributed by atoms with Gasteiger partial charge in [-0.1, -0.05) is 52.5 Å². The molecule has 0 aromatic heterocycles. The maximum atomic E-state index is 10.8. The van der Waals surface area contributed by atoms with Crippen molar-refractivity contribution >= 4 is 16.8 Å². The minimum Gasteiger partial charge on any atom is -0.457 e. The number of hydrogen-bond donors (Lipinski definition) is 0. The molecule has 1 aliphatic heterocycles. The Morgan fingerprint density at radius 3 is 2.25 bits per heavy atom. The van der Waals surface area contributed by atoms with Crippen LogP contribution in [0.1, 0.15) is 38.8 Å². The fourth-order valence-corrected chi connectivity index (χ4v) is 2.49. The number of benzene rings is 2. The fraction of sp³-hybridized carbons (Fsp3) is 0.174. The molecule has 5 heteroatoms. The number of nitrogens with zero attached hydrogens (tertiary/aromatic N) is 2. The van der Waals surface area contributed by atoms with Crippen LogP contribution < -0.4 is 4.74 Å². The summed E-state index contributed by atoms with van der Waals surface area (Å²) in [5.74, 6) is 1.18. The van der Waals surface area contributed by atoms with Crippen molar-refractivity contribution in [3.05, 3.63) is 94.3 Å². The van der Waals surface area contributed by atoms with Crippen LogP contribution in [0.2, 0.25) is 0 Å². The summed E-state index contributed by atoms with van der Waals surface area (Å²) in [7, 11) is 0. The Hall–Kier alpha value is -3.65. The van der Waals surface area contributed by atoms with Gasteiger partial charge < -0.3 is 4.74 Å². The second kappa shape index (κ2) is 11.1. The van der Waals surface area contributed by atoms with Gasteiger partial charge in [-0.2, -0.15) is 5.26 Å². The van der Waals surface area contributed by atoms with Gasteiger partial charge in [0, 0.05) is 23.3 Å². The first kappa shape index (κ1) is 22.4. The van der Waals surface area contributed by atoms with E-state index in [0.29, 0.717) is 28.2 Å². The number of ether oxygens (including phenoxy) is 1. The highest BCUT2D eigenvalue weighted by atomic mass is 16.6. The Balaban J connectivity index is 0.000000921. The second-order valence-electron chi connectivity index (χ2n) is 5.05. The van der Waals surface area contributed by atoms with Crippen LogP contribution in [0.4, 0.5) is 5.69 Å². The van der Waals surface area contributed by atoms with Gasteiger partial charge in [0.1, 0.15) is 17.6 Å². The molecule has 2 aromatic carbocycles. The molecule has 1 aliphatic rings. The predicted molar refractivity (Wildman–Crippen MR) is 114 cm³/mol. The van der Waals surface area contributed by atoms with Crippen LogP contribution in [0.25, 0.3) is 11.1 Å². The minimum absolute atomic E-state index is 0.0178. The fourth-order valence-electron chi connectivity index (χ4n) is 2.49. The molecule has 0 spiro atoms. The summed E-state index contributed by atoms with van der Waals surface area (Å²) >= 11 is 0. The summed E-state index contributed by atoms with van der Waals surface area (Å²) in [5.41, 5.74) is 2.49. The number of hydrogen-bond acceptors (Lipinski definition) is 4. The zero-order valence-electron chi connectivity index (χ0n) is 16.6. The molecule has 0 saturated heterocycles. The van der Waals surface area contributed by atoms with Crippen molar-refractivity contribution in [3.8, 4) is 11.8 Å². The van der Waals surface area contributed by atoms with E-state index in [-0.39, 0.29) is 5.69 Å². The number of para-hydroxylation sites is 1. The van der Waals surface area contributed by atoms with Crippen molar-refractivity contribution in [1.82, 2.24) is 0 Å². The monoisotopic (exact) mass is 376 g/mol. The zero-order valence-corrected chi connectivity index (χ0v) is 16.6. The normalized spacial score (nSPS) is 12.9. The Morgan fingerprint density at radius 2 is 1.71 bits per heavy atom. The van der Waals surface area contributed by atoms with Crippen LogP contribution in [-0.4, -0.2) is 4.92 Å². The molecule has 0 bridgehead atoms. The third kappa shape index (κ3) is 4.95. The lowest BCUT2D eigenvalue weighted by atomic mass is 9.93. The molecule has 0 unspecified atom stereocenters. The summed E-state index contributed by atoms with van der Waals surface area (Å²) < 4.78 is 5.70. The molecule has 3 rings (SSSR count). The molecule has 2 aromatic rings. The molecular weight excluding hydrogens is 352 g/mol. The molecule has 0 radical (unpaired) electrons. The third-order valence-corrected chi connectivity index (χ3v) is 3.64. The second-order valence-corrected chi connectivity index (χ2v) is 5.05. The SMILES string of the molecule is C=CC1=C/C(=C(/C#N)c2ccc([N+](=O)[O-])cc2)c2ccccc2O1.CC.CC. The summed E-state index contributed by atoms with van der Waals surface area (Å²) in [6.45, 7) is 11.7. The van der Waals surface area contributed by atoms with Gasteiger partial charge in [-0.25, -0.2) is 0 Å². The summed E-state index contributed by atoms with van der Waals surface area (Å²) in [5, 5.41) is 20.4. The van der Waals surface area contributed by atoms with Gasteiger partial charge in [-0.15, -0.1) is 0 Å². The highest BCUT2D eigenvalue weighted by Gasteiger charge is 2.19. The maximum Gasteiger partial charge on any atom is 0.269 e. The Labute approximate surface area is 166 Å². The van der Waals surface area contributed by atoms with E-state index in [9.17, 15) is 15.4 Å². The topological polar surface area (TPSA) is 76.2 Å². The van der Waals surface area contributed by atoms with Gasteiger partial charge >= 0.3 is 0 Å². The molecular formula is C23H24N2O3. The Bertz CT molecular complexity index is 933. The molecule has 0 aliphatic carbocycles. The van der Waals surface area contributed by atoms with Crippen molar-refractivity contribution in [3.63, 3.8) is 0 Å². The molecule has 1 heterocycles. The van der Waals surface area contributed by atoms with E-state index < -0.39 is 4.92 Å². The molecule has 0 N–H and O–H groups in total. The van der Waals surface area contributed by atoms with Crippen molar-refractivity contribution in [2.24, 2.45) is 0 Å². The van der Waals surface area contributed by atoms with Gasteiger partial charge in [0.05, 0.1) is 10.5 Å². The van der Waals surface area contributed by atoms with E-state index >= 15 is 0 Å². The Morgan fingerprint density at radius 1 is 1.11 bits per heavy atom. The molecule has 28 heavy (non-hydrogen) atoms. The lowest BCUT2D eigenvalue weighted by Crippen LogP contribution is -2.03. The number of rotatable bonds is 3. The first-order chi connectivity index (χ1) is 13.6. The average Bonchev–Trinajstić information content (AvgIpc) is 2.77. The van der Waals surface area contributed by atoms with Crippen molar-refractivity contribution in [2.45, 2.75) is 27.7 Å². The van der Waals surface area contributed by atoms with Crippen molar-refractivity contribution in [1.29, 1.82) is 5.26 Å². The summed E-state index contributed by atoms with van der Waals surface area (Å²) in [4.78, 5) is 10.3. The van der Waals surface area contributed by atoms with E-state index in [1.807, 2.05) is 52.0 Å². The van der Waals surface area contributed by atoms with Gasteiger partial charge in [-0.05, 0) is 35.9 Å². The van der Waals surface area contributed by atoms with Crippen LogP contribution in [0.15, 0.2) is 73.0 Å². The van der Waals surface area contributed by atoms with Crippen LogP contribution in [0.3, 0.4) is 0 Å². The average molecular weight is 376 g/mol. The number of fused-ring (bicyclic) bond motifs is 1. The number of nitro benzene ring substituents is 1. The molecule has 0 atom stereocenters. The van der Waals surface area contributed by atoms with E-state index in [1.54, 1.807) is 24.3 Å². The smallest absolute Gasteiger partial charge is 0.269 e.